The van der Waals surface area contributed by atoms with Crippen molar-refractivity contribution in [1.82, 2.24) is 5.32 Å². The molecule has 1 heteroatoms. The van der Waals surface area contributed by atoms with Gasteiger partial charge in [-0.05, 0) is 49.9 Å². The van der Waals surface area contributed by atoms with E-state index in [1.807, 2.05) is 0 Å². The molecule has 2 saturated carbocycles. The van der Waals surface area contributed by atoms with Crippen LogP contribution in [0.5, 0.6) is 0 Å². The fraction of sp³-hybridized carbons (Fsp3) is 1.00. The summed E-state index contributed by atoms with van der Waals surface area (Å²) in [5.74, 6) is 2.73. The van der Waals surface area contributed by atoms with Gasteiger partial charge in [0, 0.05) is 12.1 Å². The largest absolute Gasteiger partial charge is 0.311 e. The van der Waals surface area contributed by atoms with Crippen molar-refractivity contribution in [2.75, 3.05) is 0 Å². The average Bonchev–Trinajstić information content (AvgIpc) is 2.48. The average molecular weight is 237 g/mol. The fourth-order valence-corrected chi connectivity index (χ4v) is 3.93. The zero-order chi connectivity index (χ0) is 12.3. The quantitative estimate of drug-likeness (QED) is 0.703. The molecule has 0 spiro atoms. The molecule has 0 radical (unpaired) electrons. The van der Waals surface area contributed by atoms with Gasteiger partial charge in [0.1, 0.15) is 0 Å². The van der Waals surface area contributed by atoms with Crippen LogP contribution in [-0.2, 0) is 0 Å². The Morgan fingerprint density at radius 1 is 0.706 bits per heavy atom. The van der Waals surface area contributed by atoms with E-state index in [9.17, 15) is 0 Å². The smallest absolute Gasteiger partial charge is 0.00955 e. The molecule has 1 nitrogen and oxygen atoms in total. The van der Waals surface area contributed by atoms with Crippen molar-refractivity contribution >= 4 is 0 Å². The summed E-state index contributed by atoms with van der Waals surface area (Å²) in [6, 6.07) is 1.61. The second-order valence-corrected chi connectivity index (χ2v) is 6.89. The second kappa shape index (κ2) is 6.22. The predicted octanol–water partition coefficient (Wildman–Crippen LogP) is 4.37. The Hall–Kier alpha value is -0.0400. The molecule has 17 heavy (non-hydrogen) atoms. The minimum absolute atomic E-state index is 0.803. The van der Waals surface area contributed by atoms with Gasteiger partial charge in [0.2, 0.25) is 0 Å². The maximum atomic E-state index is 4.02. The Morgan fingerprint density at radius 3 is 2.18 bits per heavy atom. The zero-order valence-corrected chi connectivity index (χ0v) is 12.0. The van der Waals surface area contributed by atoms with Crippen LogP contribution >= 0.6 is 0 Å². The summed E-state index contributed by atoms with van der Waals surface area (Å²) >= 11 is 0. The Morgan fingerprint density at radius 2 is 1.41 bits per heavy atom. The van der Waals surface area contributed by atoms with E-state index in [4.69, 9.17) is 0 Å². The first kappa shape index (κ1) is 13.4. The van der Waals surface area contributed by atoms with E-state index in [2.05, 4.69) is 26.1 Å². The van der Waals surface area contributed by atoms with Gasteiger partial charge in [0.15, 0.2) is 0 Å². The molecule has 0 aromatic rings. The normalized spacial score (nSPS) is 44.3. The van der Waals surface area contributed by atoms with E-state index in [1.165, 1.54) is 51.4 Å². The lowest BCUT2D eigenvalue weighted by molar-refractivity contribution is 0.193. The highest BCUT2D eigenvalue weighted by Gasteiger charge is 2.29. The Balaban J connectivity index is 1.86. The summed E-state index contributed by atoms with van der Waals surface area (Å²) in [6.07, 6.45) is 11.5. The highest BCUT2D eigenvalue weighted by Crippen LogP contribution is 2.31. The standard InChI is InChI=1S/C16H31N/c1-12-9-10-16(14(3)11-12)17-15-8-6-4-5-7-13(15)2/h12-17H,4-11H2,1-3H3. The summed E-state index contributed by atoms with van der Waals surface area (Å²) in [5.41, 5.74) is 0. The first-order valence-corrected chi connectivity index (χ1v) is 7.93. The maximum absolute atomic E-state index is 4.02. The molecule has 2 aliphatic rings. The highest BCUT2D eigenvalue weighted by atomic mass is 15.0. The van der Waals surface area contributed by atoms with E-state index < -0.39 is 0 Å². The van der Waals surface area contributed by atoms with Crippen LogP contribution in [0.2, 0.25) is 0 Å². The van der Waals surface area contributed by atoms with Crippen LogP contribution in [0.1, 0.15) is 72.1 Å². The molecule has 0 bridgehead atoms. The van der Waals surface area contributed by atoms with Crippen LogP contribution in [0.4, 0.5) is 0 Å². The molecule has 1 N–H and O–H groups in total. The van der Waals surface area contributed by atoms with E-state index in [0.717, 1.165) is 29.8 Å². The van der Waals surface area contributed by atoms with Gasteiger partial charge in [-0.25, -0.2) is 0 Å². The SMILES string of the molecule is CC1CCC(NC2CCCCCC2C)C(C)C1. The number of hydrogen-bond acceptors (Lipinski definition) is 1. The summed E-state index contributed by atoms with van der Waals surface area (Å²) in [4.78, 5) is 0. The molecule has 0 aromatic heterocycles. The molecule has 0 aromatic carbocycles. The van der Waals surface area contributed by atoms with Crippen LogP contribution in [0.15, 0.2) is 0 Å². The second-order valence-electron chi connectivity index (χ2n) is 6.89. The first-order chi connectivity index (χ1) is 8.16. The van der Waals surface area contributed by atoms with Gasteiger partial charge < -0.3 is 5.32 Å². The molecule has 5 unspecified atom stereocenters. The molecule has 5 atom stereocenters. The molecule has 2 fully saturated rings. The zero-order valence-electron chi connectivity index (χ0n) is 12.0. The highest BCUT2D eigenvalue weighted by molar-refractivity contribution is 4.86. The summed E-state index contributed by atoms with van der Waals surface area (Å²) in [5, 5.41) is 4.02. The van der Waals surface area contributed by atoms with Gasteiger partial charge >= 0.3 is 0 Å². The molecule has 0 aliphatic heterocycles. The van der Waals surface area contributed by atoms with Crippen molar-refractivity contribution in [3.05, 3.63) is 0 Å². The Labute approximate surface area is 108 Å². The minimum atomic E-state index is 0.803. The van der Waals surface area contributed by atoms with Crippen molar-refractivity contribution in [1.29, 1.82) is 0 Å². The third-order valence-electron chi connectivity index (χ3n) is 5.22. The minimum Gasteiger partial charge on any atom is -0.311 e. The van der Waals surface area contributed by atoms with Crippen LogP contribution in [0.3, 0.4) is 0 Å². The van der Waals surface area contributed by atoms with Crippen molar-refractivity contribution in [3.63, 3.8) is 0 Å². The van der Waals surface area contributed by atoms with Gasteiger partial charge in [-0.2, -0.15) is 0 Å². The van der Waals surface area contributed by atoms with E-state index >= 15 is 0 Å². The molecule has 0 amide bonds. The van der Waals surface area contributed by atoms with Crippen molar-refractivity contribution in [3.8, 4) is 0 Å². The van der Waals surface area contributed by atoms with Crippen molar-refractivity contribution in [2.45, 2.75) is 84.2 Å². The third kappa shape index (κ3) is 3.71. The Kier molecular flexibility index (Phi) is 4.90. The monoisotopic (exact) mass is 237 g/mol. The predicted molar refractivity (Wildman–Crippen MR) is 75.1 cm³/mol. The number of rotatable bonds is 2. The first-order valence-electron chi connectivity index (χ1n) is 7.93. The van der Waals surface area contributed by atoms with E-state index in [1.54, 1.807) is 0 Å². The maximum Gasteiger partial charge on any atom is 0.00955 e. The lowest BCUT2D eigenvalue weighted by Gasteiger charge is -2.37. The molecule has 0 heterocycles. The van der Waals surface area contributed by atoms with Crippen LogP contribution in [-0.4, -0.2) is 12.1 Å². The van der Waals surface area contributed by atoms with Gasteiger partial charge in [0.05, 0.1) is 0 Å². The van der Waals surface area contributed by atoms with E-state index in [-0.39, 0.29) is 0 Å². The van der Waals surface area contributed by atoms with Crippen molar-refractivity contribution in [2.24, 2.45) is 17.8 Å². The summed E-state index contributed by atoms with van der Waals surface area (Å²) in [6.45, 7) is 7.33. The van der Waals surface area contributed by atoms with Gasteiger partial charge in [-0.1, -0.05) is 40.0 Å². The van der Waals surface area contributed by atoms with Gasteiger partial charge in [-0.15, -0.1) is 0 Å². The Bertz CT molecular complexity index is 226. The molecule has 2 rings (SSSR count). The number of hydrogen-bond donors (Lipinski definition) is 1. The lowest BCUT2D eigenvalue weighted by Crippen LogP contribution is -2.46. The molecule has 0 saturated heterocycles. The summed E-state index contributed by atoms with van der Waals surface area (Å²) in [7, 11) is 0. The summed E-state index contributed by atoms with van der Waals surface area (Å²) < 4.78 is 0. The van der Waals surface area contributed by atoms with Crippen molar-refractivity contribution < 1.29 is 0 Å². The molecule has 100 valence electrons. The molecular weight excluding hydrogens is 206 g/mol. The molecular formula is C16H31N. The van der Waals surface area contributed by atoms with Gasteiger partial charge in [-0.3, -0.25) is 0 Å². The number of nitrogens with one attached hydrogen (secondary N) is 1. The van der Waals surface area contributed by atoms with Crippen LogP contribution in [0.25, 0.3) is 0 Å². The third-order valence-corrected chi connectivity index (χ3v) is 5.22. The van der Waals surface area contributed by atoms with E-state index in [0.29, 0.717) is 0 Å². The molecule has 2 aliphatic carbocycles. The van der Waals surface area contributed by atoms with Crippen LogP contribution in [0, 0.1) is 17.8 Å². The topological polar surface area (TPSA) is 12.0 Å². The fourth-order valence-electron chi connectivity index (χ4n) is 3.93. The van der Waals surface area contributed by atoms with Crippen LogP contribution < -0.4 is 5.32 Å². The lowest BCUT2D eigenvalue weighted by atomic mass is 9.79. The van der Waals surface area contributed by atoms with Gasteiger partial charge in [0.25, 0.3) is 0 Å².